The Hall–Kier alpha value is -0.0400. The van der Waals surface area contributed by atoms with Crippen LogP contribution in [0.15, 0.2) is 0 Å². The molecule has 1 nitrogen and oxygen atoms in total. The summed E-state index contributed by atoms with van der Waals surface area (Å²) >= 11 is 0. The summed E-state index contributed by atoms with van der Waals surface area (Å²) < 4.78 is 0. The van der Waals surface area contributed by atoms with Crippen LogP contribution < -0.4 is 5.32 Å². The maximum absolute atomic E-state index is 3.76. The van der Waals surface area contributed by atoms with Gasteiger partial charge in [-0.2, -0.15) is 0 Å². The van der Waals surface area contributed by atoms with Gasteiger partial charge in [-0.3, -0.25) is 0 Å². The molecular weight excluding hydrogens is 266 g/mol. The molecule has 0 radical (unpaired) electrons. The highest BCUT2D eigenvalue weighted by atomic mass is 14.9. The summed E-state index contributed by atoms with van der Waals surface area (Å²) in [6.07, 6.45) is 26.2. The number of nitrogens with one attached hydrogen (secondary N) is 1. The molecule has 0 amide bonds. The van der Waals surface area contributed by atoms with E-state index in [1.165, 1.54) is 122 Å². The van der Waals surface area contributed by atoms with E-state index in [0.29, 0.717) is 0 Å². The molecule has 1 fully saturated rings. The topological polar surface area (TPSA) is 12.0 Å². The van der Waals surface area contributed by atoms with E-state index in [1.54, 1.807) is 0 Å². The van der Waals surface area contributed by atoms with Crippen molar-refractivity contribution in [3.8, 4) is 0 Å². The van der Waals surface area contributed by atoms with E-state index in [-0.39, 0.29) is 0 Å². The van der Waals surface area contributed by atoms with Gasteiger partial charge in [0.05, 0.1) is 0 Å². The van der Waals surface area contributed by atoms with E-state index in [9.17, 15) is 0 Å². The van der Waals surface area contributed by atoms with Gasteiger partial charge in [0.25, 0.3) is 0 Å². The van der Waals surface area contributed by atoms with Crippen molar-refractivity contribution in [2.24, 2.45) is 0 Å². The van der Waals surface area contributed by atoms with Crippen LogP contribution in [0.1, 0.15) is 122 Å². The minimum Gasteiger partial charge on any atom is -0.314 e. The van der Waals surface area contributed by atoms with Crippen LogP contribution in [-0.4, -0.2) is 12.6 Å². The number of hydrogen-bond acceptors (Lipinski definition) is 1. The van der Waals surface area contributed by atoms with Gasteiger partial charge in [-0.05, 0) is 25.8 Å². The zero-order valence-corrected chi connectivity index (χ0v) is 15.5. The van der Waals surface area contributed by atoms with Gasteiger partial charge in [0, 0.05) is 6.04 Å². The van der Waals surface area contributed by atoms with E-state index in [4.69, 9.17) is 0 Å². The van der Waals surface area contributed by atoms with Crippen molar-refractivity contribution in [3.05, 3.63) is 0 Å². The maximum Gasteiger partial charge on any atom is 0.00670 e. The molecular formula is C21H43N. The molecule has 1 aliphatic carbocycles. The van der Waals surface area contributed by atoms with Gasteiger partial charge in [0.15, 0.2) is 0 Å². The SMILES string of the molecule is CCCCCCCCCCCCCCCNC1CCCCC1. The fourth-order valence-electron chi connectivity index (χ4n) is 3.76. The zero-order chi connectivity index (χ0) is 15.7. The molecule has 0 aromatic heterocycles. The molecule has 0 saturated heterocycles. The van der Waals surface area contributed by atoms with E-state index >= 15 is 0 Å². The summed E-state index contributed by atoms with van der Waals surface area (Å²) in [6.45, 7) is 3.56. The van der Waals surface area contributed by atoms with Gasteiger partial charge in [0.1, 0.15) is 0 Å². The van der Waals surface area contributed by atoms with E-state index in [0.717, 1.165) is 6.04 Å². The standard InChI is InChI=1S/C21H43N/c1-2-3-4-5-6-7-8-9-10-11-12-13-17-20-22-21-18-15-14-16-19-21/h21-22H,2-20H2,1H3. The number of hydrogen-bond donors (Lipinski definition) is 1. The highest BCUT2D eigenvalue weighted by Crippen LogP contribution is 2.17. The summed E-state index contributed by atoms with van der Waals surface area (Å²) in [5.74, 6) is 0. The van der Waals surface area contributed by atoms with Crippen LogP contribution in [-0.2, 0) is 0 Å². The molecule has 0 aliphatic heterocycles. The van der Waals surface area contributed by atoms with Gasteiger partial charge in [0.2, 0.25) is 0 Å². The predicted molar refractivity (Wildman–Crippen MR) is 101 cm³/mol. The second kappa shape index (κ2) is 15.8. The van der Waals surface area contributed by atoms with Gasteiger partial charge in [-0.15, -0.1) is 0 Å². The first-order valence-electron chi connectivity index (χ1n) is 10.7. The van der Waals surface area contributed by atoms with Crippen molar-refractivity contribution >= 4 is 0 Å². The quantitative estimate of drug-likeness (QED) is 0.321. The molecule has 0 atom stereocenters. The molecule has 0 heterocycles. The maximum atomic E-state index is 3.76. The van der Waals surface area contributed by atoms with Crippen LogP contribution in [0.2, 0.25) is 0 Å². The minimum absolute atomic E-state index is 0.853. The van der Waals surface area contributed by atoms with Crippen molar-refractivity contribution in [2.75, 3.05) is 6.54 Å². The average molecular weight is 310 g/mol. The lowest BCUT2D eigenvalue weighted by Crippen LogP contribution is -2.31. The molecule has 0 aromatic rings. The third-order valence-electron chi connectivity index (χ3n) is 5.32. The third kappa shape index (κ3) is 12.5. The molecule has 0 unspecified atom stereocenters. The first-order valence-corrected chi connectivity index (χ1v) is 10.7. The monoisotopic (exact) mass is 309 g/mol. The van der Waals surface area contributed by atoms with E-state index in [1.807, 2.05) is 0 Å². The highest BCUT2D eigenvalue weighted by molar-refractivity contribution is 4.71. The number of rotatable bonds is 15. The zero-order valence-electron chi connectivity index (χ0n) is 15.5. The third-order valence-corrected chi connectivity index (χ3v) is 5.32. The van der Waals surface area contributed by atoms with E-state index in [2.05, 4.69) is 12.2 Å². The summed E-state index contributed by atoms with van der Waals surface area (Å²) in [4.78, 5) is 0. The lowest BCUT2D eigenvalue weighted by atomic mass is 9.95. The van der Waals surface area contributed by atoms with Crippen molar-refractivity contribution in [1.82, 2.24) is 5.32 Å². The molecule has 1 aliphatic rings. The normalized spacial score (nSPS) is 16.2. The Morgan fingerprint density at radius 3 is 1.55 bits per heavy atom. The Kier molecular flexibility index (Phi) is 14.4. The number of unbranched alkanes of at least 4 members (excludes halogenated alkanes) is 12. The Balaban J connectivity index is 1.68. The Morgan fingerprint density at radius 1 is 0.591 bits per heavy atom. The molecule has 0 bridgehead atoms. The van der Waals surface area contributed by atoms with Crippen LogP contribution in [0.4, 0.5) is 0 Å². The fraction of sp³-hybridized carbons (Fsp3) is 1.00. The molecule has 1 heteroatoms. The van der Waals surface area contributed by atoms with Crippen molar-refractivity contribution < 1.29 is 0 Å². The largest absolute Gasteiger partial charge is 0.314 e. The first kappa shape index (κ1) is 20.0. The smallest absolute Gasteiger partial charge is 0.00670 e. The summed E-state index contributed by atoms with van der Waals surface area (Å²) in [5, 5.41) is 3.76. The van der Waals surface area contributed by atoms with Gasteiger partial charge in [-0.25, -0.2) is 0 Å². The van der Waals surface area contributed by atoms with Crippen LogP contribution in [0, 0.1) is 0 Å². The Bertz CT molecular complexity index is 208. The molecule has 1 saturated carbocycles. The molecule has 1 N–H and O–H groups in total. The lowest BCUT2D eigenvalue weighted by Gasteiger charge is -2.22. The molecule has 0 spiro atoms. The van der Waals surface area contributed by atoms with Crippen LogP contribution in [0.5, 0.6) is 0 Å². The van der Waals surface area contributed by atoms with Crippen LogP contribution >= 0.6 is 0 Å². The second-order valence-corrected chi connectivity index (χ2v) is 7.53. The van der Waals surface area contributed by atoms with Crippen LogP contribution in [0.25, 0.3) is 0 Å². The summed E-state index contributed by atoms with van der Waals surface area (Å²) in [6, 6.07) is 0.853. The highest BCUT2D eigenvalue weighted by Gasteiger charge is 2.11. The Morgan fingerprint density at radius 2 is 1.05 bits per heavy atom. The van der Waals surface area contributed by atoms with Gasteiger partial charge >= 0.3 is 0 Å². The molecule has 132 valence electrons. The minimum atomic E-state index is 0.853. The Labute approximate surface area is 141 Å². The second-order valence-electron chi connectivity index (χ2n) is 7.53. The van der Waals surface area contributed by atoms with Gasteiger partial charge in [-0.1, -0.05) is 103 Å². The lowest BCUT2D eigenvalue weighted by molar-refractivity contribution is 0.369. The van der Waals surface area contributed by atoms with Crippen molar-refractivity contribution in [1.29, 1.82) is 0 Å². The predicted octanol–water partition coefficient (Wildman–Crippen LogP) is 7.00. The van der Waals surface area contributed by atoms with Gasteiger partial charge < -0.3 is 5.32 Å². The molecule has 22 heavy (non-hydrogen) atoms. The van der Waals surface area contributed by atoms with Crippen molar-refractivity contribution in [2.45, 2.75) is 129 Å². The molecule has 0 aromatic carbocycles. The average Bonchev–Trinajstić information content (AvgIpc) is 2.56. The van der Waals surface area contributed by atoms with E-state index < -0.39 is 0 Å². The first-order chi connectivity index (χ1) is 10.9. The fourth-order valence-corrected chi connectivity index (χ4v) is 3.76. The molecule has 1 rings (SSSR count). The van der Waals surface area contributed by atoms with Crippen molar-refractivity contribution in [3.63, 3.8) is 0 Å². The summed E-state index contributed by atoms with van der Waals surface area (Å²) in [5.41, 5.74) is 0. The van der Waals surface area contributed by atoms with Crippen LogP contribution in [0.3, 0.4) is 0 Å². The summed E-state index contributed by atoms with van der Waals surface area (Å²) in [7, 11) is 0.